The second-order valence-electron chi connectivity index (χ2n) is 6.98. The maximum atomic E-state index is 13.4. The van der Waals surface area contributed by atoms with Crippen LogP contribution in [0.5, 0.6) is 0 Å². The molecule has 0 aliphatic carbocycles. The second-order valence-corrected chi connectivity index (χ2v) is 7.39. The number of anilines is 2. The lowest BCUT2D eigenvalue weighted by molar-refractivity contribution is -0.384. The molecule has 4 aromatic rings. The van der Waals surface area contributed by atoms with Crippen LogP contribution in [0.4, 0.5) is 17.5 Å². The largest absolute Gasteiger partial charge is 0.368 e. The van der Waals surface area contributed by atoms with E-state index in [2.05, 4.69) is 15.1 Å². The van der Waals surface area contributed by atoms with Gasteiger partial charge < -0.3 is 10.6 Å². The molecule has 0 bridgehead atoms. The molecule has 3 aromatic heterocycles. The summed E-state index contributed by atoms with van der Waals surface area (Å²) in [7, 11) is 0. The molecule has 1 atom stereocenters. The molecule has 5 rings (SSSR count). The van der Waals surface area contributed by atoms with E-state index in [-0.39, 0.29) is 28.5 Å². The molecule has 1 fully saturated rings. The molecule has 0 amide bonds. The highest BCUT2D eigenvalue weighted by Crippen LogP contribution is 2.40. The van der Waals surface area contributed by atoms with E-state index < -0.39 is 11.0 Å². The van der Waals surface area contributed by atoms with Crippen LogP contribution in [0.25, 0.3) is 11.2 Å². The van der Waals surface area contributed by atoms with Crippen LogP contribution >= 0.6 is 11.6 Å². The van der Waals surface area contributed by atoms with Crippen molar-refractivity contribution >= 4 is 34.6 Å². The number of halogens is 1. The lowest BCUT2D eigenvalue weighted by Crippen LogP contribution is -2.45. The van der Waals surface area contributed by atoms with Gasteiger partial charge in [0.1, 0.15) is 11.7 Å². The number of rotatable bonds is 4. The van der Waals surface area contributed by atoms with Crippen molar-refractivity contribution in [3.8, 4) is 5.69 Å². The third kappa shape index (κ3) is 2.97. The van der Waals surface area contributed by atoms with Crippen LogP contribution in [0.1, 0.15) is 18.3 Å². The van der Waals surface area contributed by atoms with Crippen LogP contribution in [0.3, 0.4) is 0 Å². The van der Waals surface area contributed by atoms with Gasteiger partial charge in [0.05, 0.1) is 21.7 Å². The van der Waals surface area contributed by atoms with E-state index in [4.69, 9.17) is 17.3 Å². The van der Waals surface area contributed by atoms with E-state index in [1.54, 1.807) is 29.3 Å². The van der Waals surface area contributed by atoms with Crippen molar-refractivity contribution in [1.82, 2.24) is 24.1 Å². The quantitative estimate of drug-likeness (QED) is 0.378. The van der Waals surface area contributed by atoms with Gasteiger partial charge in [0.2, 0.25) is 11.8 Å². The third-order valence-corrected chi connectivity index (χ3v) is 5.54. The predicted molar refractivity (Wildman–Crippen MR) is 114 cm³/mol. The topological polar surface area (TPSA) is 137 Å². The first-order chi connectivity index (χ1) is 15.0. The average molecular weight is 439 g/mol. The normalized spacial score (nSPS) is 15.8. The molecule has 1 saturated heterocycles. The van der Waals surface area contributed by atoms with E-state index in [0.717, 1.165) is 6.20 Å². The van der Waals surface area contributed by atoms with Crippen LogP contribution in [0, 0.1) is 10.1 Å². The summed E-state index contributed by atoms with van der Waals surface area (Å²) in [5, 5.41) is 16.4. The fourth-order valence-corrected chi connectivity index (χ4v) is 3.94. The van der Waals surface area contributed by atoms with Crippen molar-refractivity contribution in [3.63, 3.8) is 0 Å². The van der Waals surface area contributed by atoms with Crippen molar-refractivity contribution in [2.75, 3.05) is 17.2 Å². The van der Waals surface area contributed by atoms with Gasteiger partial charge >= 0.3 is 5.69 Å². The minimum atomic E-state index is -0.559. The first kappa shape index (κ1) is 19.0. The Morgan fingerprint density at radius 1 is 1.23 bits per heavy atom. The Hall–Kier alpha value is -3.99. The lowest BCUT2D eigenvalue weighted by Gasteiger charge is -2.41. The first-order valence-corrected chi connectivity index (χ1v) is 9.72. The molecule has 156 valence electrons. The molecule has 11 nitrogen and oxygen atoms in total. The molecule has 0 radical (unpaired) electrons. The van der Waals surface area contributed by atoms with Gasteiger partial charge in [-0.15, -0.1) is 0 Å². The Labute approximate surface area is 179 Å². The number of nitrogen functional groups attached to an aromatic ring is 1. The summed E-state index contributed by atoms with van der Waals surface area (Å²) in [6.45, 7) is 0.483. The van der Waals surface area contributed by atoms with Crippen LogP contribution in [-0.2, 0) is 0 Å². The summed E-state index contributed by atoms with van der Waals surface area (Å²) in [5.41, 5.74) is 5.94. The fourth-order valence-electron chi connectivity index (χ4n) is 3.72. The summed E-state index contributed by atoms with van der Waals surface area (Å²) in [5.74, 6) is 0.425. The Morgan fingerprint density at radius 2 is 2.00 bits per heavy atom. The summed E-state index contributed by atoms with van der Waals surface area (Å²) in [6, 6.07) is 10.2. The van der Waals surface area contributed by atoms with Crippen molar-refractivity contribution in [2.24, 2.45) is 0 Å². The first-order valence-electron chi connectivity index (χ1n) is 9.34. The van der Waals surface area contributed by atoms with E-state index in [0.29, 0.717) is 29.5 Å². The number of aromatic nitrogens is 5. The zero-order chi connectivity index (χ0) is 21.7. The number of benzene rings is 1. The van der Waals surface area contributed by atoms with Crippen molar-refractivity contribution < 1.29 is 4.92 Å². The molecular weight excluding hydrogens is 424 g/mol. The molecule has 0 saturated carbocycles. The highest BCUT2D eigenvalue weighted by molar-refractivity contribution is 6.33. The monoisotopic (exact) mass is 438 g/mol. The molecule has 0 spiro atoms. The van der Waals surface area contributed by atoms with E-state index in [9.17, 15) is 14.9 Å². The summed E-state index contributed by atoms with van der Waals surface area (Å²) < 4.78 is 2.91. The van der Waals surface area contributed by atoms with Gasteiger partial charge in [-0.2, -0.15) is 10.1 Å². The standard InChI is InChI=1S/C19H15ClN8O3/c20-12-6-9-26-15(12)18(29)27(11-4-2-1-3-5-11)17(24-26)13-7-8-25(13)16-14(28(30)31)10-22-19(21)23-16/h1-6,9-10,13H,7-8H2,(H2,21,22,23)/t13-/m0/s1. The van der Waals surface area contributed by atoms with Gasteiger partial charge in [0, 0.05) is 12.7 Å². The van der Waals surface area contributed by atoms with Gasteiger partial charge in [-0.1, -0.05) is 29.8 Å². The van der Waals surface area contributed by atoms with Gasteiger partial charge in [0.15, 0.2) is 5.82 Å². The SMILES string of the molecule is Nc1ncc([N+](=O)[O-])c(N2CC[C@H]2c2nn3ccc(Cl)c3c(=O)n2-c2ccccc2)n1. The molecule has 12 heteroatoms. The maximum absolute atomic E-state index is 13.4. The molecule has 2 N–H and O–H groups in total. The van der Waals surface area contributed by atoms with Gasteiger partial charge in [-0.3, -0.25) is 19.5 Å². The predicted octanol–water partition coefficient (Wildman–Crippen LogP) is 2.37. The number of hydrogen-bond acceptors (Lipinski definition) is 8. The molecule has 0 unspecified atom stereocenters. The molecular formula is C19H15ClN8O3. The number of nitro groups is 1. The summed E-state index contributed by atoms with van der Waals surface area (Å²) >= 11 is 6.22. The highest BCUT2D eigenvalue weighted by Gasteiger charge is 2.39. The van der Waals surface area contributed by atoms with Crippen molar-refractivity contribution in [3.05, 3.63) is 80.1 Å². The molecule has 31 heavy (non-hydrogen) atoms. The third-order valence-electron chi connectivity index (χ3n) is 5.23. The minimum absolute atomic E-state index is 0.0766. The Morgan fingerprint density at radius 3 is 2.68 bits per heavy atom. The summed E-state index contributed by atoms with van der Waals surface area (Å²) in [6.07, 6.45) is 3.30. The Kier molecular flexibility index (Phi) is 4.33. The van der Waals surface area contributed by atoms with Crippen molar-refractivity contribution in [2.45, 2.75) is 12.5 Å². The number of nitrogens with two attached hydrogens (primary N) is 1. The minimum Gasteiger partial charge on any atom is -0.368 e. The Bertz CT molecular complexity index is 1380. The average Bonchev–Trinajstić information content (AvgIpc) is 3.09. The number of para-hydroxylation sites is 1. The highest BCUT2D eigenvalue weighted by atomic mass is 35.5. The zero-order valence-corrected chi connectivity index (χ0v) is 16.7. The van der Waals surface area contributed by atoms with Gasteiger partial charge in [0.25, 0.3) is 5.56 Å². The summed E-state index contributed by atoms with van der Waals surface area (Å²) in [4.78, 5) is 33.9. The lowest BCUT2D eigenvalue weighted by atomic mass is 10.0. The van der Waals surface area contributed by atoms with E-state index >= 15 is 0 Å². The van der Waals surface area contributed by atoms with Gasteiger partial charge in [-0.05, 0) is 24.6 Å². The number of nitrogens with zero attached hydrogens (tertiary/aromatic N) is 7. The van der Waals surface area contributed by atoms with Crippen LogP contribution < -0.4 is 16.2 Å². The van der Waals surface area contributed by atoms with Crippen LogP contribution in [0.15, 0.2) is 53.6 Å². The molecule has 1 aliphatic heterocycles. The molecule has 1 aromatic carbocycles. The smallest absolute Gasteiger partial charge is 0.329 e. The van der Waals surface area contributed by atoms with Crippen molar-refractivity contribution in [1.29, 1.82) is 0 Å². The second kappa shape index (κ2) is 7.06. The fraction of sp³-hybridized carbons (Fsp3) is 0.158. The Balaban J connectivity index is 1.72. The maximum Gasteiger partial charge on any atom is 0.329 e. The van der Waals surface area contributed by atoms with Crippen LogP contribution in [-0.4, -0.2) is 35.6 Å². The van der Waals surface area contributed by atoms with E-state index in [1.807, 2.05) is 18.2 Å². The van der Waals surface area contributed by atoms with Crippen LogP contribution in [0.2, 0.25) is 5.02 Å². The zero-order valence-electron chi connectivity index (χ0n) is 15.9. The number of fused-ring (bicyclic) bond motifs is 1. The number of hydrogen-bond donors (Lipinski definition) is 1. The molecule has 4 heterocycles. The van der Waals surface area contributed by atoms with E-state index in [1.165, 1.54) is 9.08 Å². The van der Waals surface area contributed by atoms with Gasteiger partial charge in [-0.25, -0.2) is 9.50 Å². The molecule has 1 aliphatic rings.